The topological polar surface area (TPSA) is 108 Å². The number of benzene rings is 1. The van der Waals surface area contributed by atoms with Crippen molar-refractivity contribution in [2.45, 2.75) is 0 Å². The molecule has 0 unspecified atom stereocenters. The van der Waals surface area contributed by atoms with Crippen LogP contribution in [0.3, 0.4) is 0 Å². The fraction of sp³-hybridized carbons (Fsp3) is 0.105. The zero-order valence-corrected chi connectivity index (χ0v) is 15.4. The summed E-state index contributed by atoms with van der Waals surface area (Å²) in [4.78, 5) is 18.8. The van der Waals surface area contributed by atoms with Gasteiger partial charge in [0, 0.05) is 31.5 Å². The third-order valence-electron chi connectivity index (χ3n) is 4.31. The number of aromatic nitrogens is 4. The molecule has 1 aromatic carbocycles. The summed E-state index contributed by atoms with van der Waals surface area (Å²) in [6, 6.07) is 3.68. The Bertz CT molecular complexity index is 1180. The maximum absolute atomic E-state index is 13.8. The lowest BCUT2D eigenvalue weighted by Gasteiger charge is -2.10. The Labute approximate surface area is 164 Å². The van der Waals surface area contributed by atoms with Crippen molar-refractivity contribution in [3.8, 4) is 17.1 Å². The number of nitrogens with zero attached hydrogens (tertiary/aromatic N) is 5. The van der Waals surface area contributed by atoms with Crippen LogP contribution in [0.15, 0.2) is 30.5 Å². The van der Waals surface area contributed by atoms with Gasteiger partial charge in [-0.3, -0.25) is 10.1 Å². The minimum absolute atomic E-state index is 0.0842. The van der Waals surface area contributed by atoms with Crippen molar-refractivity contribution in [1.29, 1.82) is 0 Å². The minimum atomic E-state index is -0.996. The van der Waals surface area contributed by atoms with E-state index < -0.39 is 16.4 Å². The van der Waals surface area contributed by atoms with Crippen molar-refractivity contribution in [1.82, 2.24) is 19.7 Å². The molecule has 0 atom stereocenters. The van der Waals surface area contributed by atoms with Crippen LogP contribution in [0.2, 0.25) is 0 Å². The smallest absolute Gasteiger partial charge is 0.307 e. The molecule has 0 aliphatic heterocycles. The third kappa shape index (κ3) is 3.28. The van der Waals surface area contributed by atoms with Gasteiger partial charge in [-0.1, -0.05) is 0 Å². The number of anilines is 2. The molecule has 3 aromatic rings. The summed E-state index contributed by atoms with van der Waals surface area (Å²) < 4.78 is 20.7. The third-order valence-corrected chi connectivity index (χ3v) is 4.31. The van der Waals surface area contributed by atoms with E-state index in [1.165, 1.54) is 13.3 Å². The van der Waals surface area contributed by atoms with Crippen LogP contribution in [0.5, 0.6) is 5.75 Å². The van der Waals surface area contributed by atoms with Crippen LogP contribution in [0.1, 0.15) is 11.3 Å². The molecule has 0 saturated carbocycles. The highest BCUT2D eigenvalue weighted by Crippen LogP contribution is 2.34. The van der Waals surface area contributed by atoms with Gasteiger partial charge in [0.2, 0.25) is 11.8 Å². The Morgan fingerprint density at radius 1 is 1.38 bits per heavy atom. The molecule has 9 nitrogen and oxygen atoms in total. The minimum Gasteiger partial charge on any atom is -0.494 e. The van der Waals surface area contributed by atoms with Gasteiger partial charge < -0.3 is 10.1 Å². The first-order chi connectivity index (χ1) is 14.0. The maximum atomic E-state index is 13.8. The van der Waals surface area contributed by atoms with E-state index in [4.69, 9.17) is 4.74 Å². The second-order valence-corrected chi connectivity index (χ2v) is 6.07. The molecular weight excluding hydrogens is 379 g/mol. The van der Waals surface area contributed by atoms with Crippen molar-refractivity contribution in [2.75, 3.05) is 12.4 Å². The highest BCUT2D eigenvalue weighted by molar-refractivity contribution is 5.79. The molecule has 144 valence electrons. The number of ether oxygens (including phenoxy) is 1. The number of halogens is 1. The van der Waals surface area contributed by atoms with Gasteiger partial charge in [0.15, 0.2) is 5.69 Å². The van der Waals surface area contributed by atoms with E-state index in [0.717, 1.165) is 23.4 Å². The normalized spacial score (nSPS) is 11.7. The number of methoxy groups -OCH3 is 1. The number of fused-ring (bicyclic) bond motifs is 1. The molecule has 10 heteroatoms. The van der Waals surface area contributed by atoms with Gasteiger partial charge in [-0.2, -0.15) is 9.49 Å². The first kappa shape index (κ1) is 18.2. The molecule has 1 N–H and O–H groups in total. The fourth-order valence-electron chi connectivity index (χ4n) is 2.96. The molecule has 1 aliphatic rings. The molecule has 0 amide bonds. The SMILES string of the molecule is COc1cc(F)c([N+](=O)[O-])cc1Nc1nccc(-c2nn(C)c3c2C=C[C+]=C3)n1. The number of aryl methyl sites for hydroxylation is 1. The van der Waals surface area contributed by atoms with Gasteiger partial charge in [-0.05, 0) is 6.07 Å². The number of nitro benzene ring substituents is 1. The molecule has 0 saturated heterocycles. The van der Waals surface area contributed by atoms with E-state index in [-0.39, 0.29) is 17.4 Å². The number of hydrogen-bond acceptors (Lipinski definition) is 7. The van der Waals surface area contributed by atoms with Crippen LogP contribution in [0.4, 0.5) is 21.7 Å². The summed E-state index contributed by atoms with van der Waals surface area (Å²) >= 11 is 0. The first-order valence-corrected chi connectivity index (χ1v) is 8.43. The van der Waals surface area contributed by atoms with E-state index in [1.54, 1.807) is 16.8 Å². The molecule has 0 fully saturated rings. The van der Waals surface area contributed by atoms with Crippen molar-refractivity contribution >= 4 is 29.5 Å². The van der Waals surface area contributed by atoms with Gasteiger partial charge in [0.1, 0.15) is 29.2 Å². The Hall–Kier alpha value is -4.17. The summed E-state index contributed by atoms with van der Waals surface area (Å²) in [5.74, 6) is -0.757. The van der Waals surface area contributed by atoms with Gasteiger partial charge >= 0.3 is 5.69 Å². The van der Waals surface area contributed by atoms with Crippen LogP contribution in [0.25, 0.3) is 23.5 Å². The Balaban J connectivity index is 1.73. The first-order valence-electron chi connectivity index (χ1n) is 8.43. The van der Waals surface area contributed by atoms with Crippen LogP contribution in [-0.4, -0.2) is 31.8 Å². The summed E-state index contributed by atoms with van der Waals surface area (Å²) in [6.07, 6.45) is 10.0. The van der Waals surface area contributed by atoms with E-state index in [0.29, 0.717) is 11.4 Å². The summed E-state index contributed by atoms with van der Waals surface area (Å²) in [5.41, 5.74) is 2.47. The second kappa shape index (κ2) is 7.10. The lowest BCUT2D eigenvalue weighted by Crippen LogP contribution is -2.02. The number of nitrogens with one attached hydrogen (secondary N) is 1. The van der Waals surface area contributed by atoms with E-state index in [2.05, 4.69) is 26.5 Å². The zero-order chi connectivity index (χ0) is 20.5. The molecule has 0 spiro atoms. The highest BCUT2D eigenvalue weighted by atomic mass is 19.1. The van der Waals surface area contributed by atoms with E-state index in [9.17, 15) is 14.5 Å². The van der Waals surface area contributed by atoms with E-state index >= 15 is 0 Å². The monoisotopic (exact) mass is 393 g/mol. The average Bonchev–Trinajstić information content (AvgIpc) is 3.06. The summed E-state index contributed by atoms with van der Waals surface area (Å²) in [7, 11) is 3.16. The number of allylic oxidation sites excluding steroid dienone is 2. The lowest BCUT2D eigenvalue weighted by atomic mass is 10.1. The van der Waals surface area contributed by atoms with E-state index in [1.807, 2.05) is 19.2 Å². The highest BCUT2D eigenvalue weighted by Gasteiger charge is 2.24. The van der Waals surface area contributed by atoms with Crippen molar-refractivity contribution in [3.05, 3.63) is 63.7 Å². The van der Waals surface area contributed by atoms with Crippen LogP contribution in [-0.2, 0) is 7.05 Å². The fourth-order valence-corrected chi connectivity index (χ4v) is 2.96. The maximum Gasteiger partial charge on any atom is 0.307 e. The lowest BCUT2D eigenvalue weighted by molar-refractivity contribution is -0.387. The quantitative estimate of drug-likeness (QED) is 0.401. The van der Waals surface area contributed by atoms with Crippen LogP contribution < -0.4 is 10.1 Å². The number of nitro groups is 1. The molecule has 2 aromatic heterocycles. The van der Waals surface area contributed by atoms with Crippen molar-refractivity contribution < 1.29 is 14.1 Å². The Kier molecular flexibility index (Phi) is 4.46. The zero-order valence-electron chi connectivity index (χ0n) is 15.4. The molecule has 1 aliphatic carbocycles. The molecule has 4 rings (SSSR count). The van der Waals surface area contributed by atoms with Crippen molar-refractivity contribution in [2.24, 2.45) is 7.05 Å². The Morgan fingerprint density at radius 3 is 2.97 bits per heavy atom. The molecule has 29 heavy (non-hydrogen) atoms. The summed E-state index contributed by atoms with van der Waals surface area (Å²) in [5, 5.41) is 18.4. The average molecular weight is 393 g/mol. The van der Waals surface area contributed by atoms with Crippen LogP contribution >= 0.6 is 0 Å². The van der Waals surface area contributed by atoms with Gasteiger partial charge in [0.25, 0.3) is 0 Å². The van der Waals surface area contributed by atoms with Crippen LogP contribution in [0, 0.1) is 22.0 Å². The second-order valence-electron chi connectivity index (χ2n) is 6.07. The Morgan fingerprint density at radius 2 is 2.21 bits per heavy atom. The van der Waals surface area contributed by atoms with Gasteiger partial charge in [-0.25, -0.2) is 14.6 Å². The predicted octanol–water partition coefficient (Wildman–Crippen LogP) is 3.52. The molecule has 0 bridgehead atoms. The summed E-state index contributed by atoms with van der Waals surface area (Å²) in [6.45, 7) is 0. The standard InChI is InChI=1S/C19H14FN6O3/c1-25-15-6-4-3-5-11(15)18(24-25)13-7-8-21-19(22-13)23-14-10-16(26(27)28)12(20)9-17(14)29-2/h3,5-10H,1-2H3,(H,21,22,23)/q+1. The molecule has 0 radical (unpaired) electrons. The predicted molar refractivity (Wildman–Crippen MR) is 104 cm³/mol. The number of hydrogen-bond donors (Lipinski definition) is 1. The largest absolute Gasteiger partial charge is 0.494 e. The molecular formula is C19H14FN6O3+. The van der Waals surface area contributed by atoms with Crippen molar-refractivity contribution in [3.63, 3.8) is 0 Å². The molecule has 2 heterocycles. The van der Waals surface area contributed by atoms with Gasteiger partial charge in [0.05, 0.1) is 29.5 Å². The number of rotatable bonds is 5. The van der Waals surface area contributed by atoms with Gasteiger partial charge in [-0.15, -0.1) is 0 Å².